The van der Waals surface area contributed by atoms with Gasteiger partial charge in [0.15, 0.2) is 0 Å². The minimum atomic E-state index is -0.0812. The van der Waals surface area contributed by atoms with E-state index in [1.54, 1.807) is 19.2 Å². The van der Waals surface area contributed by atoms with E-state index in [0.717, 1.165) is 16.3 Å². The van der Waals surface area contributed by atoms with Crippen molar-refractivity contribution >= 4 is 23.2 Å². The van der Waals surface area contributed by atoms with Crippen molar-refractivity contribution in [1.82, 2.24) is 5.32 Å². The molecule has 1 atom stereocenters. The molecular formula is C16H17ClN2O. The molecule has 0 aliphatic rings. The number of hydrogen-bond acceptors (Lipinski definition) is 2. The molecule has 0 aromatic heterocycles. The van der Waals surface area contributed by atoms with E-state index in [4.69, 9.17) is 11.6 Å². The van der Waals surface area contributed by atoms with Gasteiger partial charge in [0.25, 0.3) is 5.91 Å². The second-order valence-corrected chi connectivity index (χ2v) is 5.01. The predicted octanol–water partition coefficient (Wildman–Crippen LogP) is 3.87. The molecular weight excluding hydrogens is 272 g/mol. The van der Waals surface area contributed by atoms with E-state index in [-0.39, 0.29) is 11.9 Å². The summed E-state index contributed by atoms with van der Waals surface area (Å²) >= 11 is 5.88. The monoisotopic (exact) mass is 288 g/mol. The second-order valence-electron chi connectivity index (χ2n) is 4.57. The first-order valence-corrected chi connectivity index (χ1v) is 6.82. The van der Waals surface area contributed by atoms with Crippen molar-refractivity contribution in [3.63, 3.8) is 0 Å². The summed E-state index contributed by atoms with van der Waals surface area (Å²) < 4.78 is 0. The Bertz CT molecular complexity index is 578. The predicted molar refractivity (Wildman–Crippen MR) is 83.3 cm³/mol. The number of anilines is 1. The van der Waals surface area contributed by atoms with Crippen LogP contribution in [0.1, 0.15) is 28.9 Å². The fraction of sp³-hybridized carbons (Fsp3) is 0.188. The lowest BCUT2D eigenvalue weighted by atomic mass is 10.1. The van der Waals surface area contributed by atoms with Crippen LogP contribution in [0.15, 0.2) is 48.5 Å². The Morgan fingerprint density at radius 1 is 1.05 bits per heavy atom. The van der Waals surface area contributed by atoms with E-state index in [2.05, 4.69) is 17.6 Å². The summed E-state index contributed by atoms with van der Waals surface area (Å²) in [6.07, 6.45) is 0. The normalized spacial score (nSPS) is 11.8. The Balaban J connectivity index is 2.06. The van der Waals surface area contributed by atoms with Crippen LogP contribution in [-0.2, 0) is 0 Å². The number of carbonyl (C=O) groups excluding carboxylic acids is 1. The Labute approximate surface area is 124 Å². The summed E-state index contributed by atoms with van der Waals surface area (Å²) in [4.78, 5) is 11.5. The maximum absolute atomic E-state index is 11.5. The van der Waals surface area contributed by atoms with Crippen molar-refractivity contribution in [3.8, 4) is 0 Å². The second kappa shape index (κ2) is 6.44. The van der Waals surface area contributed by atoms with Crippen LogP contribution in [0.3, 0.4) is 0 Å². The van der Waals surface area contributed by atoms with Crippen molar-refractivity contribution in [2.24, 2.45) is 0 Å². The first-order valence-electron chi connectivity index (χ1n) is 6.44. The SMILES string of the molecule is CNC(=O)c1ccc(NC(C)c2ccc(Cl)cc2)cc1. The number of halogens is 1. The van der Waals surface area contributed by atoms with Crippen LogP contribution in [0.2, 0.25) is 5.02 Å². The minimum absolute atomic E-state index is 0.0812. The zero-order chi connectivity index (χ0) is 14.5. The van der Waals surface area contributed by atoms with Gasteiger partial charge in [0.05, 0.1) is 0 Å². The molecule has 1 unspecified atom stereocenters. The molecule has 0 aliphatic heterocycles. The number of nitrogens with one attached hydrogen (secondary N) is 2. The Morgan fingerprint density at radius 2 is 1.65 bits per heavy atom. The Hall–Kier alpha value is -2.00. The summed E-state index contributed by atoms with van der Waals surface area (Å²) in [5, 5.41) is 6.72. The first-order chi connectivity index (χ1) is 9.60. The van der Waals surface area contributed by atoms with Crippen LogP contribution >= 0.6 is 11.6 Å². The highest BCUT2D eigenvalue weighted by Gasteiger charge is 2.06. The van der Waals surface area contributed by atoms with Crippen LogP contribution in [0, 0.1) is 0 Å². The van der Waals surface area contributed by atoms with E-state index < -0.39 is 0 Å². The van der Waals surface area contributed by atoms with E-state index in [9.17, 15) is 4.79 Å². The number of carbonyl (C=O) groups is 1. The molecule has 1 amide bonds. The third-order valence-corrected chi connectivity index (χ3v) is 3.38. The lowest BCUT2D eigenvalue weighted by Crippen LogP contribution is -2.17. The van der Waals surface area contributed by atoms with Gasteiger partial charge in [-0.25, -0.2) is 0 Å². The number of rotatable bonds is 4. The summed E-state index contributed by atoms with van der Waals surface area (Å²) in [6.45, 7) is 2.08. The average molecular weight is 289 g/mol. The fourth-order valence-electron chi connectivity index (χ4n) is 1.95. The molecule has 0 heterocycles. The van der Waals surface area contributed by atoms with E-state index in [1.165, 1.54) is 0 Å². The molecule has 2 aromatic carbocycles. The van der Waals surface area contributed by atoms with Crippen LogP contribution < -0.4 is 10.6 Å². The fourth-order valence-corrected chi connectivity index (χ4v) is 2.07. The van der Waals surface area contributed by atoms with Gasteiger partial charge in [-0.1, -0.05) is 23.7 Å². The molecule has 4 heteroatoms. The van der Waals surface area contributed by atoms with Gasteiger partial charge in [0, 0.05) is 29.4 Å². The standard InChI is InChI=1S/C16H17ClN2O/c1-11(12-3-7-14(17)8-4-12)19-15-9-5-13(6-10-15)16(20)18-2/h3-11,19H,1-2H3,(H,18,20). The molecule has 3 nitrogen and oxygen atoms in total. The molecule has 2 aromatic rings. The maximum Gasteiger partial charge on any atom is 0.251 e. The molecule has 20 heavy (non-hydrogen) atoms. The van der Waals surface area contributed by atoms with Crippen LogP contribution in [0.25, 0.3) is 0 Å². The van der Waals surface area contributed by atoms with Crippen molar-refractivity contribution in [2.45, 2.75) is 13.0 Å². The van der Waals surface area contributed by atoms with Gasteiger partial charge in [-0.15, -0.1) is 0 Å². The molecule has 0 spiro atoms. The van der Waals surface area contributed by atoms with Crippen LogP contribution in [-0.4, -0.2) is 13.0 Å². The van der Waals surface area contributed by atoms with E-state index in [0.29, 0.717) is 5.56 Å². The Kier molecular flexibility index (Phi) is 4.64. The van der Waals surface area contributed by atoms with Gasteiger partial charge < -0.3 is 10.6 Å². The molecule has 2 rings (SSSR count). The molecule has 0 fully saturated rings. The summed E-state index contributed by atoms with van der Waals surface area (Å²) in [5.74, 6) is -0.0812. The third kappa shape index (κ3) is 3.52. The molecule has 0 radical (unpaired) electrons. The molecule has 0 saturated carbocycles. The lowest BCUT2D eigenvalue weighted by Gasteiger charge is -2.16. The zero-order valence-corrected chi connectivity index (χ0v) is 12.2. The summed E-state index contributed by atoms with van der Waals surface area (Å²) in [5.41, 5.74) is 2.78. The van der Waals surface area contributed by atoms with Crippen molar-refractivity contribution in [1.29, 1.82) is 0 Å². The number of hydrogen-bond donors (Lipinski definition) is 2. The van der Waals surface area contributed by atoms with Crippen molar-refractivity contribution in [3.05, 3.63) is 64.7 Å². The van der Waals surface area contributed by atoms with Gasteiger partial charge in [0.1, 0.15) is 0 Å². The van der Waals surface area contributed by atoms with E-state index in [1.807, 2.05) is 36.4 Å². The zero-order valence-electron chi connectivity index (χ0n) is 11.5. The highest BCUT2D eigenvalue weighted by atomic mass is 35.5. The minimum Gasteiger partial charge on any atom is -0.379 e. The van der Waals surface area contributed by atoms with Gasteiger partial charge >= 0.3 is 0 Å². The van der Waals surface area contributed by atoms with Gasteiger partial charge in [-0.3, -0.25) is 4.79 Å². The van der Waals surface area contributed by atoms with Crippen molar-refractivity contribution < 1.29 is 4.79 Å². The van der Waals surface area contributed by atoms with Gasteiger partial charge in [0.2, 0.25) is 0 Å². The largest absolute Gasteiger partial charge is 0.379 e. The third-order valence-electron chi connectivity index (χ3n) is 3.13. The molecule has 0 bridgehead atoms. The molecule has 0 aliphatic carbocycles. The van der Waals surface area contributed by atoms with Crippen LogP contribution in [0.4, 0.5) is 5.69 Å². The topological polar surface area (TPSA) is 41.1 Å². The van der Waals surface area contributed by atoms with Gasteiger partial charge in [-0.05, 0) is 48.9 Å². The highest BCUT2D eigenvalue weighted by Crippen LogP contribution is 2.21. The number of amides is 1. The highest BCUT2D eigenvalue weighted by molar-refractivity contribution is 6.30. The summed E-state index contributed by atoms with van der Waals surface area (Å²) in [7, 11) is 1.62. The first kappa shape index (κ1) is 14.4. The average Bonchev–Trinajstić information content (AvgIpc) is 2.48. The smallest absolute Gasteiger partial charge is 0.251 e. The maximum atomic E-state index is 11.5. The molecule has 0 saturated heterocycles. The molecule has 2 N–H and O–H groups in total. The molecule has 104 valence electrons. The number of benzene rings is 2. The lowest BCUT2D eigenvalue weighted by molar-refractivity contribution is 0.0963. The van der Waals surface area contributed by atoms with Gasteiger partial charge in [-0.2, -0.15) is 0 Å². The van der Waals surface area contributed by atoms with Crippen LogP contribution in [0.5, 0.6) is 0 Å². The van der Waals surface area contributed by atoms with Crippen molar-refractivity contribution in [2.75, 3.05) is 12.4 Å². The Morgan fingerprint density at radius 3 is 2.20 bits per heavy atom. The van der Waals surface area contributed by atoms with E-state index >= 15 is 0 Å². The quantitative estimate of drug-likeness (QED) is 0.896. The summed E-state index contributed by atoms with van der Waals surface area (Å²) in [6, 6.07) is 15.3.